The lowest BCUT2D eigenvalue weighted by Crippen LogP contribution is -2.41. The summed E-state index contributed by atoms with van der Waals surface area (Å²) in [4.78, 5) is 24.2. The minimum Gasteiger partial charge on any atom is -0.397 e. The van der Waals surface area contributed by atoms with Gasteiger partial charge in [-0.05, 0) is 48.7 Å². The van der Waals surface area contributed by atoms with Gasteiger partial charge in [-0.2, -0.15) is 0 Å². The van der Waals surface area contributed by atoms with Crippen molar-refractivity contribution in [1.82, 2.24) is 14.9 Å². The zero-order valence-corrected chi connectivity index (χ0v) is 16.5. The summed E-state index contributed by atoms with van der Waals surface area (Å²) in [5, 5.41) is 0. The molecule has 0 bridgehead atoms. The molecule has 0 aliphatic heterocycles. The Morgan fingerprint density at radius 3 is 2.62 bits per heavy atom. The number of benzene rings is 1. The van der Waals surface area contributed by atoms with Crippen LogP contribution in [0.25, 0.3) is 11.1 Å². The van der Waals surface area contributed by atoms with Crippen LogP contribution in [0.4, 0.5) is 5.69 Å². The molecule has 0 saturated heterocycles. The molecule has 0 spiro atoms. The Balaban J connectivity index is 1.64. The van der Waals surface area contributed by atoms with Crippen molar-refractivity contribution >= 4 is 11.6 Å². The number of amides is 1. The predicted octanol–water partition coefficient (Wildman–Crippen LogP) is 4.70. The summed E-state index contributed by atoms with van der Waals surface area (Å²) in [5.41, 5.74) is 9.95. The van der Waals surface area contributed by atoms with E-state index in [-0.39, 0.29) is 11.9 Å². The summed E-state index contributed by atoms with van der Waals surface area (Å²) < 4.78 is 0. The van der Waals surface area contributed by atoms with E-state index in [2.05, 4.69) is 9.97 Å². The molecule has 1 aliphatic rings. The summed E-state index contributed by atoms with van der Waals surface area (Å²) in [5.74, 6) is 0.0567. The standard InChI is InChI=1S/C24H26N4O/c25-21-14-20(15-26-16-21)18-7-6-8-19(13-18)24(29)28(23-10-2-1-3-11-23)17-22-9-4-5-12-27-22/h4-9,12-16,23H,1-3,10-11,17,25H2. The normalized spacial score (nSPS) is 14.5. The zero-order valence-electron chi connectivity index (χ0n) is 16.5. The van der Waals surface area contributed by atoms with Crippen LogP contribution in [0.3, 0.4) is 0 Å². The van der Waals surface area contributed by atoms with Gasteiger partial charge in [0.1, 0.15) is 0 Å². The van der Waals surface area contributed by atoms with Crippen LogP contribution < -0.4 is 5.73 Å². The molecular weight excluding hydrogens is 360 g/mol. The molecule has 1 fully saturated rings. The number of nitrogen functional groups attached to an aromatic ring is 1. The van der Waals surface area contributed by atoms with Crippen LogP contribution in [0.15, 0.2) is 67.1 Å². The van der Waals surface area contributed by atoms with Gasteiger partial charge in [0.2, 0.25) is 0 Å². The Bertz CT molecular complexity index is 967. The topological polar surface area (TPSA) is 72.1 Å². The summed E-state index contributed by atoms with van der Waals surface area (Å²) in [7, 11) is 0. The van der Waals surface area contributed by atoms with E-state index >= 15 is 0 Å². The van der Waals surface area contributed by atoms with Gasteiger partial charge in [0.05, 0.1) is 17.9 Å². The number of hydrogen-bond donors (Lipinski definition) is 1. The van der Waals surface area contributed by atoms with Gasteiger partial charge in [0.25, 0.3) is 5.91 Å². The van der Waals surface area contributed by atoms with E-state index < -0.39 is 0 Å². The van der Waals surface area contributed by atoms with Gasteiger partial charge in [0.15, 0.2) is 0 Å². The Kier molecular flexibility index (Phi) is 5.84. The second-order valence-electron chi connectivity index (χ2n) is 7.63. The number of aromatic nitrogens is 2. The summed E-state index contributed by atoms with van der Waals surface area (Å²) in [6, 6.07) is 15.7. The molecule has 1 aromatic carbocycles. The fourth-order valence-electron chi connectivity index (χ4n) is 4.04. The van der Waals surface area contributed by atoms with Gasteiger partial charge < -0.3 is 10.6 Å². The van der Waals surface area contributed by atoms with Crippen LogP contribution in [-0.2, 0) is 6.54 Å². The van der Waals surface area contributed by atoms with Gasteiger partial charge >= 0.3 is 0 Å². The molecule has 5 heteroatoms. The molecule has 1 aliphatic carbocycles. The summed E-state index contributed by atoms with van der Waals surface area (Å²) in [6.07, 6.45) is 10.9. The maximum Gasteiger partial charge on any atom is 0.254 e. The van der Waals surface area contributed by atoms with E-state index in [1.165, 1.54) is 19.3 Å². The molecule has 0 radical (unpaired) electrons. The number of carbonyl (C=O) groups is 1. The first-order chi connectivity index (χ1) is 14.2. The largest absolute Gasteiger partial charge is 0.397 e. The van der Waals surface area contributed by atoms with E-state index in [4.69, 9.17) is 5.73 Å². The Hall–Kier alpha value is -3.21. The van der Waals surface area contributed by atoms with Crippen molar-refractivity contribution in [2.24, 2.45) is 0 Å². The molecule has 1 amide bonds. The number of anilines is 1. The van der Waals surface area contributed by atoms with E-state index in [0.29, 0.717) is 17.8 Å². The average molecular weight is 386 g/mol. The molecular formula is C24H26N4O. The van der Waals surface area contributed by atoms with Crippen LogP contribution in [0.2, 0.25) is 0 Å². The smallest absolute Gasteiger partial charge is 0.254 e. The van der Waals surface area contributed by atoms with E-state index in [0.717, 1.165) is 29.7 Å². The SMILES string of the molecule is Nc1cncc(-c2cccc(C(=O)N(Cc3ccccn3)C3CCCCC3)c2)c1. The lowest BCUT2D eigenvalue weighted by molar-refractivity contribution is 0.0611. The van der Waals surface area contributed by atoms with Gasteiger partial charge in [-0.3, -0.25) is 14.8 Å². The van der Waals surface area contributed by atoms with Crippen molar-refractivity contribution in [2.75, 3.05) is 5.73 Å². The number of rotatable bonds is 5. The van der Waals surface area contributed by atoms with E-state index in [9.17, 15) is 4.79 Å². The van der Waals surface area contributed by atoms with Crippen LogP contribution in [0.1, 0.15) is 48.2 Å². The van der Waals surface area contributed by atoms with E-state index in [1.54, 1.807) is 18.6 Å². The van der Waals surface area contributed by atoms with Crippen molar-refractivity contribution in [3.05, 3.63) is 78.4 Å². The molecule has 3 aromatic rings. The highest BCUT2D eigenvalue weighted by atomic mass is 16.2. The van der Waals surface area contributed by atoms with Crippen molar-refractivity contribution in [1.29, 1.82) is 0 Å². The lowest BCUT2D eigenvalue weighted by Gasteiger charge is -2.34. The average Bonchev–Trinajstić information content (AvgIpc) is 2.78. The number of nitrogens with two attached hydrogens (primary N) is 1. The Labute approximate surface area is 171 Å². The molecule has 29 heavy (non-hydrogen) atoms. The second-order valence-corrected chi connectivity index (χ2v) is 7.63. The lowest BCUT2D eigenvalue weighted by atomic mass is 9.93. The highest BCUT2D eigenvalue weighted by molar-refractivity contribution is 5.95. The molecule has 4 rings (SSSR count). The first-order valence-corrected chi connectivity index (χ1v) is 10.2. The number of hydrogen-bond acceptors (Lipinski definition) is 4. The maximum atomic E-state index is 13.6. The summed E-state index contributed by atoms with van der Waals surface area (Å²) in [6.45, 7) is 0.536. The fraction of sp³-hybridized carbons (Fsp3) is 0.292. The molecule has 2 aromatic heterocycles. The monoisotopic (exact) mass is 386 g/mol. The third kappa shape index (κ3) is 4.62. The Morgan fingerprint density at radius 1 is 1.00 bits per heavy atom. The number of nitrogens with zero attached hydrogens (tertiary/aromatic N) is 3. The maximum absolute atomic E-state index is 13.6. The van der Waals surface area contributed by atoms with Crippen molar-refractivity contribution in [3.8, 4) is 11.1 Å². The summed E-state index contributed by atoms with van der Waals surface area (Å²) >= 11 is 0. The van der Waals surface area contributed by atoms with Gasteiger partial charge in [0, 0.05) is 35.8 Å². The highest BCUT2D eigenvalue weighted by Gasteiger charge is 2.27. The molecule has 148 valence electrons. The third-order valence-electron chi connectivity index (χ3n) is 5.54. The molecule has 1 saturated carbocycles. The minimum atomic E-state index is 0.0567. The molecule has 2 heterocycles. The highest BCUT2D eigenvalue weighted by Crippen LogP contribution is 2.27. The van der Waals surface area contributed by atoms with Gasteiger partial charge in [-0.1, -0.05) is 37.5 Å². The fourth-order valence-corrected chi connectivity index (χ4v) is 4.04. The number of carbonyl (C=O) groups excluding carboxylic acids is 1. The first kappa shape index (κ1) is 19.1. The van der Waals surface area contributed by atoms with E-state index in [1.807, 2.05) is 53.4 Å². The second kappa shape index (κ2) is 8.86. The van der Waals surface area contributed by atoms with Crippen molar-refractivity contribution in [2.45, 2.75) is 44.7 Å². The quantitative estimate of drug-likeness (QED) is 0.690. The van der Waals surface area contributed by atoms with Gasteiger partial charge in [-0.15, -0.1) is 0 Å². The third-order valence-corrected chi connectivity index (χ3v) is 5.54. The van der Waals surface area contributed by atoms with Crippen LogP contribution >= 0.6 is 0 Å². The molecule has 5 nitrogen and oxygen atoms in total. The molecule has 2 N–H and O–H groups in total. The predicted molar refractivity (Wildman–Crippen MR) is 115 cm³/mol. The van der Waals surface area contributed by atoms with Crippen LogP contribution in [0.5, 0.6) is 0 Å². The van der Waals surface area contributed by atoms with Crippen molar-refractivity contribution in [3.63, 3.8) is 0 Å². The zero-order chi connectivity index (χ0) is 20.1. The first-order valence-electron chi connectivity index (χ1n) is 10.2. The van der Waals surface area contributed by atoms with Gasteiger partial charge in [-0.25, -0.2) is 0 Å². The van der Waals surface area contributed by atoms with Crippen molar-refractivity contribution < 1.29 is 4.79 Å². The molecule has 0 unspecified atom stereocenters. The molecule has 0 atom stereocenters. The van der Waals surface area contributed by atoms with Crippen LogP contribution in [0, 0.1) is 0 Å². The van der Waals surface area contributed by atoms with Crippen LogP contribution in [-0.4, -0.2) is 26.8 Å². The Morgan fingerprint density at radius 2 is 1.86 bits per heavy atom. The number of pyridine rings is 2. The minimum absolute atomic E-state index is 0.0567.